The number of hydrogen-bond acceptors (Lipinski definition) is 3. The van der Waals surface area contributed by atoms with Gasteiger partial charge in [-0.05, 0) is 42.7 Å². The molecule has 0 aromatic carbocycles. The van der Waals surface area contributed by atoms with E-state index in [4.69, 9.17) is 5.73 Å². The molecule has 0 amide bonds. The van der Waals surface area contributed by atoms with Gasteiger partial charge in [0.1, 0.15) is 0 Å². The quantitative estimate of drug-likeness (QED) is 0.788. The summed E-state index contributed by atoms with van der Waals surface area (Å²) < 4.78 is 0. The predicted molar refractivity (Wildman–Crippen MR) is 61.8 cm³/mol. The van der Waals surface area contributed by atoms with Crippen LogP contribution in [0.15, 0.2) is 11.4 Å². The Hall–Kier alpha value is -0.380. The van der Waals surface area contributed by atoms with Gasteiger partial charge in [-0.3, -0.25) is 0 Å². The minimum atomic E-state index is -0.360. The lowest BCUT2D eigenvalue weighted by Crippen LogP contribution is -2.22. The molecule has 1 aromatic rings. The van der Waals surface area contributed by atoms with E-state index in [1.807, 2.05) is 0 Å². The highest BCUT2D eigenvalue weighted by atomic mass is 32.1. The molecule has 2 atom stereocenters. The van der Waals surface area contributed by atoms with Gasteiger partial charge >= 0.3 is 0 Å². The van der Waals surface area contributed by atoms with Crippen LogP contribution in [-0.2, 0) is 0 Å². The van der Waals surface area contributed by atoms with Gasteiger partial charge in [-0.2, -0.15) is 0 Å². The van der Waals surface area contributed by atoms with Crippen LogP contribution in [0.3, 0.4) is 0 Å². The fraction of sp³-hybridized carbons (Fsp3) is 0.636. The number of nitrogens with two attached hydrogens (primary N) is 1. The van der Waals surface area contributed by atoms with Crippen LogP contribution < -0.4 is 5.73 Å². The van der Waals surface area contributed by atoms with E-state index in [-0.39, 0.29) is 6.10 Å². The molecular weight excluding hydrogens is 194 g/mol. The monoisotopic (exact) mass is 213 g/mol. The Balaban J connectivity index is 2.67. The predicted octanol–water partition coefficient (Wildman–Crippen LogP) is 2.26. The first-order valence-corrected chi connectivity index (χ1v) is 5.99. The molecule has 0 spiro atoms. The SMILES string of the molecule is CCC(CC(O)CN)c1sccc1C. The maximum absolute atomic E-state index is 9.53. The average Bonchev–Trinajstić information content (AvgIpc) is 2.60. The van der Waals surface area contributed by atoms with Gasteiger partial charge in [0.15, 0.2) is 0 Å². The molecule has 2 unspecified atom stereocenters. The van der Waals surface area contributed by atoms with Crippen molar-refractivity contribution in [2.24, 2.45) is 5.73 Å². The highest BCUT2D eigenvalue weighted by molar-refractivity contribution is 7.10. The second kappa shape index (κ2) is 5.49. The Kier molecular flexibility index (Phi) is 4.58. The van der Waals surface area contributed by atoms with Crippen molar-refractivity contribution in [3.8, 4) is 0 Å². The van der Waals surface area contributed by atoms with Gasteiger partial charge in [0, 0.05) is 11.4 Å². The van der Waals surface area contributed by atoms with Gasteiger partial charge in [0.05, 0.1) is 6.10 Å². The number of aliphatic hydroxyl groups is 1. The van der Waals surface area contributed by atoms with Gasteiger partial charge in [-0.1, -0.05) is 6.92 Å². The van der Waals surface area contributed by atoms with Gasteiger partial charge in [0.25, 0.3) is 0 Å². The van der Waals surface area contributed by atoms with Crippen LogP contribution in [0.1, 0.15) is 36.1 Å². The molecule has 2 nitrogen and oxygen atoms in total. The van der Waals surface area contributed by atoms with Crippen LogP contribution in [0.25, 0.3) is 0 Å². The standard InChI is InChI=1S/C11H19NOS/c1-3-9(6-10(13)7-12)11-8(2)4-5-14-11/h4-5,9-10,13H,3,6-7,12H2,1-2H3. The van der Waals surface area contributed by atoms with Crippen molar-refractivity contribution in [3.63, 3.8) is 0 Å². The molecule has 0 saturated carbocycles. The molecule has 0 aliphatic rings. The maximum atomic E-state index is 9.53. The molecule has 14 heavy (non-hydrogen) atoms. The zero-order chi connectivity index (χ0) is 10.6. The Bertz CT molecular complexity index is 272. The molecule has 1 aromatic heterocycles. The Labute approximate surface area is 89.8 Å². The molecule has 3 heteroatoms. The number of thiophene rings is 1. The Morgan fingerprint density at radius 1 is 1.57 bits per heavy atom. The van der Waals surface area contributed by atoms with E-state index in [0.29, 0.717) is 12.5 Å². The minimum absolute atomic E-state index is 0.360. The first-order chi connectivity index (χ1) is 6.69. The molecule has 0 bridgehead atoms. The van der Waals surface area contributed by atoms with Gasteiger partial charge in [0.2, 0.25) is 0 Å². The molecule has 0 saturated heterocycles. The van der Waals surface area contributed by atoms with Gasteiger partial charge in [-0.15, -0.1) is 11.3 Å². The summed E-state index contributed by atoms with van der Waals surface area (Å²) >= 11 is 1.78. The summed E-state index contributed by atoms with van der Waals surface area (Å²) in [6, 6.07) is 2.14. The van der Waals surface area contributed by atoms with Crippen LogP contribution in [-0.4, -0.2) is 17.8 Å². The number of aliphatic hydroxyl groups excluding tert-OH is 1. The lowest BCUT2D eigenvalue weighted by Gasteiger charge is -2.17. The summed E-state index contributed by atoms with van der Waals surface area (Å²) in [4.78, 5) is 1.40. The van der Waals surface area contributed by atoms with Crippen molar-refractivity contribution in [1.82, 2.24) is 0 Å². The first-order valence-electron chi connectivity index (χ1n) is 5.11. The largest absolute Gasteiger partial charge is 0.392 e. The van der Waals surface area contributed by atoms with Crippen molar-refractivity contribution in [3.05, 3.63) is 21.9 Å². The second-order valence-electron chi connectivity index (χ2n) is 3.70. The lowest BCUT2D eigenvalue weighted by molar-refractivity contribution is 0.162. The van der Waals surface area contributed by atoms with E-state index >= 15 is 0 Å². The number of rotatable bonds is 5. The van der Waals surface area contributed by atoms with Crippen LogP contribution in [0, 0.1) is 6.92 Å². The summed E-state index contributed by atoms with van der Waals surface area (Å²) in [5, 5.41) is 11.6. The summed E-state index contributed by atoms with van der Waals surface area (Å²) in [6.45, 7) is 4.65. The third kappa shape index (κ3) is 2.80. The molecule has 80 valence electrons. The molecule has 0 radical (unpaired) electrons. The molecule has 1 rings (SSSR count). The number of aryl methyl sites for hydroxylation is 1. The molecule has 3 N–H and O–H groups in total. The summed E-state index contributed by atoms with van der Waals surface area (Å²) in [7, 11) is 0. The Morgan fingerprint density at radius 2 is 2.29 bits per heavy atom. The fourth-order valence-electron chi connectivity index (χ4n) is 1.69. The van der Waals surface area contributed by atoms with Crippen LogP contribution in [0.2, 0.25) is 0 Å². The number of hydrogen-bond donors (Lipinski definition) is 2. The van der Waals surface area contributed by atoms with Crippen LogP contribution in [0.5, 0.6) is 0 Å². The van der Waals surface area contributed by atoms with Crippen molar-refractivity contribution < 1.29 is 5.11 Å². The highest BCUT2D eigenvalue weighted by Gasteiger charge is 2.16. The topological polar surface area (TPSA) is 46.2 Å². The Morgan fingerprint density at radius 3 is 2.71 bits per heavy atom. The zero-order valence-electron chi connectivity index (χ0n) is 8.86. The first kappa shape index (κ1) is 11.7. The van der Waals surface area contributed by atoms with Crippen molar-refractivity contribution in [2.75, 3.05) is 6.54 Å². The molecule has 1 heterocycles. The van der Waals surface area contributed by atoms with Gasteiger partial charge in [-0.25, -0.2) is 0 Å². The highest BCUT2D eigenvalue weighted by Crippen LogP contribution is 2.31. The van der Waals surface area contributed by atoms with E-state index in [2.05, 4.69) is 25.3 Å². The normalized spacial score (nSPS) is 15.4. The van der Waals surface area contributed by atoms with E-state index in [1.165, 1.54) is 10.4 Å². The van der Waals surface area contributed by atoms with Crippen LogP contribution in [0.4, 0.5) is 0 Å². The summed E-state index contributed by atoms with van der Waals surface area (Å²) in [5.41, 5.74) is 6.76. The summed E-state index contributed by atoms with van der Waals surface area (Å²) in [5.74, 6) is 0.466. The lowest BCUT2D eigenvalue weighted by atomic mass is 9.95. The molecule has 0 aliphatic heterocycles. The molecule has 0 fully saturated rings. The third-order valence-corrected chi connectivity index (χ3v) is 3.78. The molecule has 0 aliphatic carbocycles. The van der Waals surface area contributed by atoms with Crippen LogP contribution >= 0.6 is 11.3 Å². The van der Waals surface area contributed by atoms with Crippen molar-refractivity contribution in [2.45, 2.75) is 38.7 Å². The smallest absolute Gasteiger partial charge is 0.0668 e. The average molecular weight is 213 g/mol. The molecular formula is C11H19NOS. The maximum Gasteiger partial charge on any atom is 0.0668 e. The summed E-state index contributed by atoms with van der Waals surface area (Å²) in [6.07, 6.45) is 1.49. The van der Waals surface area contributed by atoms with Gasteiger partial charge < -0.3 is 10.8 Å². The second-order valence-corrected chi connectivity index (χ2v) is 4.65. The fourth-order valence-corrected chi connectivity index (χ4v) is 2.81. The van der Waals surface area contributed by atoms with Crippen molar-refractivity contribution in [1.29, 1.82) is 0 Å². The third-order valence-electron chi connectivity index (χ3n) is 2.59. The van der Waals surface area contributed by atoms with E-state index in [1.54, 1.807) is 11.3 Å². The van der Waals surface area contributed by atoms with E-state index in [0.717, 1.165) is 12.8 Å². The minimum Gasteiger partial charge on any atom is -0.392 e. The van der Waals surface area contributed by atoms with Crippen molar-refractivity contribution >= 4 is 11.3 Å². The zero-order valence-corrected chi connectivity index (χ0v) is 9.68. The van der Waals surface area contributed by atoms with E-state index < -0.39 is 0 Å². The van der Waals surface area contributed by atoms with E-state index in [9.17, 15) is 5.11 Å².